The first-order valence-electron chi connectivity index (χ1n) is 12.1. The number of likely N-dealkylation sites (tertiary alicyclic amines) is 1. The van der Waals surface area contributed by atoms with Crippen LogP contribution in [0.4, 0.5) is 0 Å². The Kier molecular flexibility index (Phi) is 1.21. The molecule has 2 unspecified atom stereocenters. The van der Waals surface area contributed by atoms with Crippen LogP contribution in [0.5, 0.6) is 11.5 Å². The van der Waals surface area contributed by atoms with Gasteiger partial charge in [0.25, 0.3) is 0 Å². The molecule has 1 fully saturated rings. The molecule has 0 aromatic heterocycles. The van der Waals surface area contributed by atoms with E-state index in [1.165, 1.54) is 19.3 Å². The molecule has 4 nitrogen and oxygen atoms in total. The predicted octanol–water partition coefficient (Wildman–Crippen LogP) is 1.50. The number of aliphatic hydroxyl groups is 1. The highest BCUT2D eigenvalue weighted by molar-refractivity contribution is 5.62. The average Bonchev–Trinajstić information content (AvgIpc) is 3.02. The van der Waals surface area contributed by atoms with Crippen molar-refractivity contribution in [2.45, 2.75) is 36.4 Å². The second-order valence-electron chi connectivity index (χ2n) is 5.98. The Morgan fingerprint density at radius 2 is 2.59 bits per heavy atom. The Morgan fingerprint density at radius 1 is 1.64 bits per heavy atom. The highest BCUT2D eigenvalue weighted by atomic mass is 16.5. The van der Waals surface area contributed by atoms with E-state index in [-0.39, 0.29) is 35.6 Å². The van der Waals surface area contributed by atoms with Crippen LogP contribution < -0.4 is 9.47 Å². The van der Waals surface area contributed by atoms with Crippen LogP contribution >= 0.6 is 0 Å². The summed E-state index contributed by atoms with van der Waals surface area (Å²) in [6.45, 7) is -3.13. The molecule has 2 bridgehead atoms. The summed E-state index contributed by atoms with van der Waals surface area (Å²) in [5.41, 5.74) is -1.68. The quantitative estimate of drug-likeness (QED) is 0.841. The van der Waals surface area contributed by atoms with Gasteiger partial charge in [-0.15, -0.1) is 0 Å². The second-order valence-corrected chi connectivity index (χ2v) is 5.98. The Morgan fingerprint density at radius 3 is 3.41 bits per heavy atom. The Labute approximate surface area is 144 Å². The Hall–Kier alpha value is -1.52. The lowest BCUT2D eigenvalue weighted by molar-refractivity contribution is -0.0453. The van der Waals surface area contributed by atoms with Crippen LogP contribution in [0.3, 0.4) is 0 Å². The zero-order chi connectivity index (χ0) is 23.6. The van der Waals surface area contributed by atoms with Gasteiger partial charge in [-0.3, -0.25) is 0 Å². The number of rotatable bonds is 2. The highest BCUT2D eigenvalue weighted by Crippen LogP contribution is 2.62. The van der Waals surface area contributed by atoms with Gasteiger partial charge < -0.3 is 19.5 Å². The van der Waals surface area contributed by atoms with Gasteiger partial charge in [-0.05, 0) is 37.9 Å². The monoisotopic (exact) mass is 309 g/mol. The molecule has 1 saturated heterocycles. The minimum atomic E-state index is -2.89. The lowest BCUT2D eigenvalue weighted by Gasteiger charge is -2.56. The maximum absolute atomic E-state index is 9.51. The molecule has 5 rings (SSSR count). The number of aliphatic hydroxyl groups excluding tert-OH is 1. The normalized spacial score (nSPS) is 57.1. The first-order valence-corrected chi connectivity index (χ1v) is 7.23. The SMILES string of the molecule is [2H]OC1C=C[C@]2([2H])[C@@]34CCN(C([2H])([2H])[2H])[C@]2([2H])C([2H])([2H])c2c([2H])c([2H])c(OC)c(c23)OC14. The number of piperidine rings is 1. The van der Waals surface area contributed by atoms with Gasteiger partial charge in [0.1, 0.15) is 12.2 Å². The number of nitrogens with zero attached hydrogens (tertiary/aromatic N) is 1. The van der Waals surface area contributed by atoms with Gasteiger partial charge in [0.2, 0.25) is 1.43 Å². The number of hydrogen-bond acceptors (Lipinski definition) is 4. The van der Waals surface area contributed by atoms with Gasteiger partial charge in [-0.1, -0.05) is 18.2 Å². The van der Waals surface area contributed by atoms with Gasteiger partial charge in [-0.2, -0.15) is 0 Å². The summed E-state index contributed by atoms with van der Waals surface area (Å²) in [5, 5.41) is 4.83. The van der Waals surface area contributed by atoms with E-state index in [0.717, 1.165) is 0 Å². The molecule has 22 heavy (non-hydrogen) atoms. The number of benzene rings is 1. The van der Waals surface area contributed by atoms with Crippen LogP contribution in [0.15, 0.2) is 24.2 Å². The van der Waals surface area contributed by atoms with Crippen molar-refractivity contribution < 1.29 is 26.9 Å². The van der Waals surface area contributed by atoms with E-state index in [1.54, 1.807) is 0 Å². The van der Waals surface area contributed by atoms with Crippen LogP contribution in [-0.4, -0.2) is 50.3 Å². The van der Waals surface area contributed by atoms with E-state index >= 15 is 0 Å². The minimum Gasteiger partial charge on any atom is -0.493 e. The molecule has 0 saturated carbocycles. The van der Waals surface area contributed by atoms with E-state index < -0.39 is 55.0 Å². The molecule has 1 aromatic carbocycles. The van der Waals surface area contributed by atoms with Crippen LogP contribution in [0.2, 0.25) is 0 Å². The Balaban J connectivity index is 1.99. The molecule has 2 aliphatic heterocycles. The topological polar surface area (TPSA) is 41.9 Å². The third-order valence-corrected chi connectivity index (χ3v) is 5.09. The molecule has 1 aromatic rings. The van der Waals surface area contributed by atoms with E-state index in [1.807, 2.05) is 0 Å². The summed E-state index contributed by atoms with van der Waals surface area (Å²) in [5.74, 6) is -2.28. The summed E-state index contributed by atoms with van der Waals surface area (Å²) in [6, 6.07) is -3.70. The van der Waals surface area contributed by atoms with Gasteiger partial charge in [0, 0.05) is 32.5 Å². The highest BCUT2D eigenvalue weighted by Gasteiger charge is 2.64. The molecule has 4 aliphatic rings. The second kappa shape index (κ2) is 4.06. The molecular weight excluding hydrogens is 278 g/mol. The fourth-order valence-corrected chi connectivity index (χ4v) is 4.18. The largest absolute Gasteiger partial charge is 0.493 e. The predicted molar refractivity (Wildman–Crippen MR) is 82.5 cm³/mol. The van der Waals surface area contributed by atoms with Crippen molar-refractivity contribution >= 4 is 0 Å². The van der Waals surface area contributed by atoms with Crippen LogP contribution in [0, 0.1) is 5.89 Å². The van der Waals surface area contributed by atoms with Crippen LogP contribution in [0.25, 0.3) is 0 Å². The Bertz CT molecular complexity index is 1060. The number of likely N-dealkylation sites (N-methyl/N-ethyl adjacent to an activating group) is 1. The van der Waals surface area contributed by atoms with Gasteiger partial charge in [0.05, 0.1) is 9.85 Å². The lowest BCUT2D eigenvalue weighted by atomic mass is 9.53. The summed E-state index contributed by atoms with van der Waals surface area (Å²) < 4.78 is 96.7. The molecule has 0 amide bonds. The smallest absolute Gasteiger partial charge is 0.211 e. The summed E-state index contributed by atoms with van der Waals surface area (Å²) >= 11 is 0. The maximum Gasteiger partial charge on any atom is 0.211 e. The fourth-order valence-electron chi connectivity index (χ4n) is 4.18. The van der Waals surface area contributed by atoms with Gasteiger partial charge >= 0.3 is 0 Å². The van der Waals surface area contributed by atoms with Crippen molar-refractivity contribution in [1.82, 2.24) is 4.90 Å². The molecular formula is C18H21NO3. The molecule has 1 N–H and O–H groups in total. The molecule has 4 heteroatoms. The minimum absolute atomic E-state index is 0.0101. The number of hydrogen-bond donors (Lipinski definition) is 1. The number of methoxy groups -OCH3 is 1. The average molecular weight is 309 g/mol. The molecule has 1 spiro atoms. The summed E-state index contributed by atoms with van der Waals surface area (Å²) in [7, 11) is 1.28. The van der Waals surface area contributed by atoms with Crippen molar-refractivity contribution in [1.29, 1.82) is 1.43 Å². The molecule has 2 heterocycles. The molecule has 0 radical (unpaired) electrons. The van der Waals surface area contributed by atoms with Gasteiger partial charge in [-0.25, -0.2) is 0 Å². The fraction of sp³-hybridized carbons (Fsp3) is 0.556. The zero-order valence-corrected chi connectivity index (χ0v) is 11.9. The van der Waals surface area contributed by atoms with Crippen molar-refractivity contribution in [3.05, 3.63) is 35.4 Å². The van der Waals surface area contributed by atoms with Crippen molar-refractivity contribution in [2.75, 3.05) is 20.6 Å². The first-order chi connectivity index (χ1) is 14.8. The third kappa shape index (κ3) is 1.28. The van der Waals surface area contributed by atoms with Crippen molar-refractivity contribution in [3.8, 4) is 11.5 Å². The molecule has 2 aliphatic carbocycles. The lowest BCUT2D eigenvalue weighted by Crippen LogP contribution is -2.64. The summed E-state index contributed by atoms with van der Waals surface area (Å²) in [4.78, 5) is 0.704. The van der Waals surface area contributed by atoms with E-state index in [4.69, 9.17) is 25.6 Å². The maximum atomic E-state index is 9.51. The van der Waals surface area contributed by atoms with E-state index in [2.05, 4.69) is 0 Å². The van der Waals surface area contributed by atoms with Crippen molar-refractivity contribution in [2.24, 2.45) is 5.89 Å². The van der Waals surface area contributed by atoms with Crippen molar-refractivity contribution in [3.63, 3.8) is 0 Å². The zero-order valence-electron chi connectivity index (χ0n) is 21.9. The van der Waals surface area contributed by atoms with E-state index in [9.17, 15) is 2.74 Å². The van der Waals surface area contributed by atoms with E-state index in [0.29, 0.717) is 4.90 Å². The first kappa shape index (κ1) is 6.54. The third-order valence-electron chi connectivity index (χ3n) is 5.09. The van der Waals surface area contributed by atoms with Crippen LogP contribution in [0.1, 0.15) is 29.9 Å². The summed E-state index contributed by atoms with van der Waals surface area (Å²) in [6.07, 6.45) is -2.33. The van der Waals surface area contributed by atoms with Crippen LogP contribution in [-0.2, 0) is 11.8 Å². The molecule has 116 valence electrons. The number of ether oxygens (including phenoxy) is 2. The standard InChI is InChI=1S/C18H21NO3/c1-19-8-7-18-11-4-5-13(20)17(18)22-16-14(21-2)6-3-10(15(16)18)9-12(11)19/h3-6,11-13,17,20H,7-9H2,1-2H3/t11-,12+,13?,17?,18-/m0/s1/i1D3,3D,6D,9D2,11D,12D,20D. The molecule has 5 atom stereocenters. The van der Waals surface area contributed by atoms with Gasteiger partial charge in [0.15, 0.2) is 11.5 Å².